The molecule has 0 heterocycles. The third kappa shape index (κ3) is 3.12. The Morgan fingerprint density at radius 2 is 1.81 bits per heavy atom. The lowest BCUT2D eigenvalue weighted by Gasteiger charge is -2.15. The van der Waals surface area contributed by atoms with Crippen molar-refractivity contribution in [3.8, 4) is 0 Å². The minimum absolute atomic E-state index is 0.212. The number of allylic oxidation sites excluding steroid dienone is 1. The van der Waals surface area contributed by atoms with Gasteiger partial charge in [0.05, 0.1) is 5.57 Å². The Balaban J connectivity index is 3.09. The second-order valence-electron chi connectivity index (χ2n) is 4.23. The van der Waals surface area contributed by atoms with Crippen LogP contribution in [0.1, 0.15) is 25.0 Å². The Kier molecular flexibility index (Phi) is 3.79. The molecule has 0 spiro atoms. The van der Waals surface area contributed by atoms with Gasteiger partial charge in [0.1, 0.15) is 0 Å². The van der Waals surface area contributed by atoms with Gasteiger partial charge in [-0.3, -0.25) is 0 Å². The van der Waals surface area contributed by atoms with Crippen molar-refractivity contribution in [3.63, 3.8) is 0 Å². The van der Waals surface area contributed by atoms with E-state index in [4.69, 9.17) is 0 Å². The van der Waals surface area contributed by atoms with Crippen molar-refractivity contribution in [2.75, 3.05) is 0 Å². The summed E-state index contributed by atoms with van der Waals surface area (Å²) in [4.78, 5) is 0. The van der Waals surface area contributed by atoms with E-state index in [-0.39, 0.29) is 5.56 Å². The van der Waals surface area contributed by atoms with Crippen LogP contribution in [-0.4, -0.2) is 6.18 Å². The Morgan fingerprint density at radius 3 is 2.31 bits per heavy atom. The minimum atomic E-state index is -4.35. The highest BCUT2D eigenvalue weighted by atomic mass is 19.4. The van der Waals surface area contributed by atoms with Crippen LogP contribution in [-0.2, 0) is 6.42 Å². The topological polar surface area (TPSA) is 0 Å². The fourth-order valence-electron chi connectivity index (χ4n) is 1.59. The van der Waals surface area contributed by atoms with E-state index in [0.29, 0.717) is 17.9 Å². The molecular formula is C13H15F3. The maximum Gasteiger partial charge on any atom is 0.416 e. The van der Waals surface area contributed by atoms with Crippen LogP contribution < -0.4 is 0 Å². The number of halogens is 3. The zero-order chi connectivity index (χ0) is 12.3. The first-order valence-electron chi connectivity index (χ1n) is 5.16. The minimum Gasteiger partial charge on any atom is -0.166 e. The molecule has 0 radical (unpaired) electrons. The molecule has 88 valence electrons. The van der Waals surface area contributed by atoms with Gasteiger partial charge in [0.15, 0.2) is 0 Å². The van der Waals surface area contributed by atoms with Crippen LogP contribution in [0.4, 0.5) is 13.2 Å². The first kappa shape index (κ1) is 12.8. The van der Waals surface area contributed by atoms with Crippen molar-refractivity contribution < 1.29 is 13.2 Å². The third-order valence-electron chi connectivity index (χ3n) is 2.31. The smallest absolute Gasteiger partial charge is 0.166 e. The Hall–Kier alpha value is -1.25. The van der Waals surface area contributed by atoms with Crippen LogP contribution in [0.15, 0.2) is 30.8 Å². The van der Waals surface area contributed by atoms with E-state index in [2.05, 4.69) is 6.58 Å². The summed E-state index contributed by atoms with van der Waals surface area (Å²) < 4.78 is 37.7. The number of hydrogen-bond acceptors (Lipinski definition) is 0. The van der Waals surface area contributed by atoms with Crippen molar-refractivity contribution in [1.29, 1.82) is 0 Å². The van der Waals surface area contributed by atoms with E-state index < -0.39 is 11.7 Å². The van der Waals surface area contributed by atoms with Gasteiger partial charge in [0, 0.05) is 0 Å². The summed E-state index contributed by atoms with van der Waals surface area (Å²) in [6, 6.07) is 6.57. The highest BCUT2D eigenvalue weighted by molar-refractivity contribution is 5.70. The molecule has 0 aliphatic rings. The largest absolute Gasteiger partial charge is 0.416 e. The van der Waals surface area contributed by atoms with Gasteiger partial charge >= 0.3 is 6.18 Å². The van der Waals surface area contributed by atoms with Crippen molar-refractivity contribution in [1.82, 2.24) is 0 Å². The van der Waals surface area contributed by atoms with Crippen molar-refractivity contribution >= 4 is 5.57 Å². The quantitative estimate of drug-likeness (QED) is 0.716. The van der Waals surface area contributed by atoms with E-state index in [0.717, 1.165) is 0 Å². The Bertz CT molecular complexity index is 375. The molecule has 3 heteroatoms. The van der Waals surface area contributed by atoms with Crippen LogP contribution in [0.3, 0.4) is 0 Å². The van der Waals surface area contributed by atoms with Gasteiger partial charge < -0.3 is 0 Å². The lowest BCUT2D eigenvalue weighted by molar-refractivity contribution is -0.0687. The van der Waals surface area contributed by atoms with Gasteiger partial charge in [-0.25, -0.2) is 0 Å². The summed E-state index contributed by atoms with van der Waals surface area (Å²) in [6.07, 6.45) is -3.72. The number of alkyl halides is 3. The lowest BCUT2D eigenvalue weighted by atomic mass is 9.94. The molecule has 0 amide bonds. The Morgan fingerprint density at radius 1 is 1.25 bits per heavy atom. The number of benzene rings is 1. The molecule has 0 N–H and O–H groups in total. The maximum absolute atomic E-state index is 12.6. The predicted octanol–water partition coefficient (Wildman–Crippen LogP) is 4.46. The van der Waals surface area contributed by atoms with Gasteiger partial charge in [-0.05, 0) is 23.5 Å². The summed E-state index contributed by atoms with van der Waals surface area (Å²) >= 11 is 0. The molecule has 16 heavy (non-hydrogen) atoms. The summed E-state index contributed by atoms with van der Waals surface area (Å²) in [5.41, 5.74) is 0.160. The van der Waals surface area contributed by atoms with E-state index >= 15 is 0 Å². The second-order valence-corrected chi connectivity index (χ2v) is 4.23. The summed E-state index contributed by atoms with van der Waals surface area (Å²) in [5.74, 6) is 0.321. The molecule has 0 nitrogen and oxygen atoms in total. The van der Waals surface area contributed by atoms with Gasteiger partial charge in [-0.15, -0.1) is 0 Å². The summed E-state index contributed by atoms with van der Waals surface area (Å²) in [5, 5.41) is 0. The van der Waals surface area contributed by atoms with Crippen LogP contribution in [0.25, 0.3) is 5.57 Å². The monoisotopic (exact) mass is 228 g/mol. The van der Waals surface area contributed by atoms with Crippen molar-refractivity contribution in [2.24, 2.45) is 5.92 Å². The highest BCUT2D eigenvalue weighted by Crippen LogP contribution is 2.34. The normalized spacial score (nSPS) is 11.9. The molecule has 0 saturated carbocycles. The molecule has 0 atom stereocenters. The molecule has 0 fully saturated rings. The molecule has 0 aliphatic heterocycles. The molecule has 0 bridgehead atoms. The summed E-state index contributed by atoms with van der Waals surface area (Å²) in [6.45, 7) is 7.10. The average Bonchev–Trinajstić information content (AvgIpc) is 2.15. The van der Waals surface area contributed by atoms with Gasteiger partial charge in [-0.2, -0.15) is 13.2 Å². The maximum atomic E-state index is 12.6. The number of hydrogen-bond donors (Lipinski definition) is 0. The lowest BCUT2D eigenvalue weighted by Crippen LogP contribution is -2.11. The van der Waals surface area contributed by atoms with E-state index in [9.17, 15) is 13.2 Å². The number of rotatable bonds is 3. The first-order chi connectivity index (χ1) is 7.32. The molecular weight excluding hydrogens is 213 g/mol. The molecule has 1 aromatic carbocycles. The molecule has 1 aromatic rings. The van der Waals surface area contributed by atoms with Gasteiger partial charge in [0.2, 0.25) is 0 Å². The first-order valence-corrected chi connectivity index (χ1v) is 5.16. The van der Waals surface area contributed by atoms with Crippen LogP contribution in [0.2, 0.25) is 0 Å². The molecule has 0 aromatic heterocycles. The summed E-state index contributed by atoms with van der Waals surface area (Å²) in [7, 11) is 0. The zero-order valence-corrected chi connectivity index (χ0v) is 9.43. The van der Waals surface area contributed by atoms with Gasteiger partial charge in [-0.1, -0.05) is 44.7 Å². The predicted molar refractivity (Wildman–Crippen MR) is 60.1 cm³/mol. The molecule has 1 rings (SSSR count). The van der Waals surface area contributed by atoms with Crippen LogP contribution in [0, 0.1) is 5.92 Å². The van der Waals surface area contributed by atoms with E-state index in [1.54, 1.807) is 18.2 Å². The van der Waals surface area contributed by atoms with Crippen LogP contribution >= 0.6 is 0 Å². The molecule has 0 aliphatic carbocycles. The van der Waals surface area contributed by atoms with E-state index in [1.807, 2.05) is 13.8 Å². The Labute approximate surface area is 93.8 Å². The van der Waals surface area contributed by atoms with Crippen LogP contribution in [0.5, 0.6) is 0 Å². The second kappa shape index (κ2) is 4.73. The third-order valence-corrected chi connectivity index (χ3v) is 2.31. The van der Waals surface area contributed by atoms with E-state index in [1.165, 1.54) is 6.07 Å². The van der Waals surface area contributed by atoms with Crippen molar-refractivity contribution in [3.05, 3.63) is 42.0 Å². The average molecular weight is 228 g/mol. The molecule has 0 unspecified atom stereocenters. The standard InChI is InChI=1S/C13H15F3/c1-9(2)8-11-6-4-5-7-12(11)10(3)13(14,15)16/h4-7,9H,3,8H2,1-2H3. The zero-order valence-electron chi connectivity index (χ0n) is 9.43. The fourth-order valence-corrected chi connectivity index (χ4v) is 1.59. The SMILES string of the molecule is C=C(c1ccccc1CC(C)C)C(F)(F)F. The van der Waals surface area contributed by atoms with Crippen molar-refractivity contribution in [2.45, 2.75) is 26.4 Å². The molecule has 0 saturated heterocycles. The van der Waals surface area contributed by atoms with Gasteiger partial charge in [0.25, 0.3) is 0 Å². The highest BCUT2D eigenvalue weighted by Gasteiger charge is 2.33. The fraction of sp³-hybridized carbons (Fsp3) is 0.385.